The van der Waals surface area contributed by atoms with Gasteiger partial charge in [0, 0.05) is 25.6 Å². The van der Waals surface area contributed by atoms with E-state index in [2.05, 4.69) is 5.32 Å². The second-order valence-electron chi connectivity index (χ2n) is 10.3. The zero-order valence-corrected chi connectivity index (χ0v) is 23.7. The first-order chi connectivity index (χ1) is 18.0. The number of nitrogens with zero attached hydrogens (tertiary/aromatic N) is 2. The quantitative estimate of drug-likeness (QED) is 0.437. The Morgan fingerprint density at radius 3 is 2.34 bits per heavy atom. The van der Waals surface area contributed by atoms with Crippen LogP contribution in [-0.4, -0.2) is 50.0 Å². The summed E-state index contributed by atoms with van der Waals surface area (Å²) in [5, 5.41) is 3.10. The second kappa shape index (κ2) is 13.2. The Morgan fingerprint density at radius 2 is 1.71 bits per heavy atom. The zero-order valence-electron chi connectivity index (χ0n) is 22.9. The Morgan fingerprint density at radius 1 is 1.05 bits per heavy atom. The summed E-state index contributed by atoms with van der Waals surface area (Å²) in [6.45, 7) is 5.81. The van der Waals surface area contributed by atoms with E-state index in [0.717, 1.165) is 43.1 Å². The van der Waals surface area contributed by atoms with Gasteiger partial charge >= 0.3 is 0 Å². The molecular weight excluding hydrogens is 505 g/mol. The molecule has 2 aromatic carbocycles. The van der Waals surface area contributed by atoms with Crippen molar-refractivity contribution in [3.63, 3.8) is 0 Å². The third kappa shape index (κ3) is 8.03. The molecule has 2 amide bonds. The van der Waals surface area contributed by atoms with Crippen LogP contribution in [0.15, 0.2) is 42.5 Å². The third-order valence-electron chi connectivity index (χ3n) is 7.38. The molecular formula is C29H40FN3O4S. The molecule has 0 bridgehead atoms. The lowest BCUT2D eigenvalue weighted by molar-refractivity contribution is -0.141. The molecule has 1 aliphatic rings. The standard InChI is InChI=1S/C29H40FN3O4S/c1-21-10-8-13-27(22(21)2)33(38(4,36)37)19-9-14-28(34)32(20-24-15-17-25(30)18-16-24)23(3)29(35)31-26-11-6-5-7-12-26/h8,10,13,15-18,23,26H,5-7,9,11-12,14,19-20H2,1-4H3,(H,31,35)/t23-/m0/s1. The van der Waals surface area contributed by atoms with Gasteiger partial charge in [-0.3, -0.25) is 13.9 Å². The van der Waals surface area contributed by atoms with E-state index in [-0.39, 0.29) is 49.6 Å². The van der Waals surface area contributed by atoms with E-state index < -0.39 is 16.1 Å². The number of benzene rings is 2. The third-order valence-corrected chi connectivity index (χ3v) is 8.56. The molecule has 38 heavy (non-hydrogen) atoms. The molecule has 0 radical (unpaired) electrons. The molecule has 1 saturated carbocycles. The van der Waals surface area contributed by atoms with Crippen molar-refractivity contribution in [1.29, 1.82) is 0 Å². The molecule has 0 aromatic heterocycles. The summed E-state index contributed by atoms with van der Waals surface area (Å²) in [4.78, 5) is 28.1. The first-order valence-electron chi connectivity index (χ1n) is 13.4. The van der Waals surface area contributed by atoms with Gasteiger partial charge in [-0.1, -0.05) is 43.5 Å². The van der Waals surface area contributed by atoms with Crippen molar-refractivity contribution in [2.24, 2.45) is 0 Å². The maximum atomic E-state index is 13.5. The smallest absolute Gasteiger partial charge is 0.242 e. The van der Waals surface area contributed by atoms with Crippen molar-refractivity contribution in [3.8, 4) is 0 Å². The van der Waals surface area contributed by atoms with Gasteiger partial charge in [0.2, 0.25) is 21.8 Å². The molecule has 1 aliphatic carbocycles. The van der Waals surface area contributed by atoms with E-state index in [1.54, 1.807) is 25.1 Å². The van der Waals surface area contributed by atoms with Gasteiger partial charge in [-0.05, 0) is 74.9 Å². The van der Waals surface area contributed by atoms with Crippen LogP contribution in [0.3, 0.4) is 0 Å². The number of anilines is 1. The number of sulfonamides is 1. The topological polar surface area (TPSA) is 86.8 Å². The number of rotatable bonds is 11. The van der Waals surface area contributed by atoms with Gasteiger partial charge in [0.25, 0.3) is 0 Å². The SMILES string of the molecule is Cc1cccc(N(CCCC(=O)N(Cc2ccc(F)cc2)[C@@H](C)C(=O)NC2CCCCC2)S(C)(=O)=O)c1C. The highest BCUT2D eigenvalue weighted by atomic mass is 32.2. The van der Waals surface area contributed by atoms with Crippen molar-refractivity contribution in [3.05, 3.63) is 65.0 Å². The predicted octanol–water partition coefficient (Wildman–Crippen LogP) is 4.85. The van der Waals surface area contributed by atoms with Crippen molar-refractivity contribution >= 4 is 27.5 Å². The van der Waals surface area contributed by atoms with E-state index in [1.165, 1.54) is 27.8 Å². The molecule has 9 heteroatoms. The van der Waals surface area contributed by atoms with Crippen LogP contribution < -0.4 is 9.62 Å². The Kier molecular flexibility index (Phi) is 10.3. The first kappa shape index (κ1) is 29.6. The number of halogens is 1. The summed E-state index contributed by atoms with van der Waals surface area (Å²) < 4.78 is 40.0. The van der Waals surface area contributed by atoms with E-state index >= 15 is 0 Å². The highest BCUT2D eigenvalue weighted by Crippen LogP contribution is 2.26. The minimum absolute atomic E-state index is 0.0686. The van der Waals surface area contributed by atoms with Gasteiger partial charge < -0.3 is 10.2 Å². The van der Waals surface area contributed by atoms with Crippen molar-refractivity contribution in [2.75, 3.05) is 17.1 Å². The summed E-state index contributed by atoms with van der Waals surface area (Å²) in [5.74, 6) is -0.836. The first-order valence-corrected chi connectivity index (χ1v) is 15.2. The van der Waals surface area contributed by atoms with E-state index in [9.17, 15) is 22.4 Å². The molecule has 208 valence electrons. The van der Waals surface area contributed by atoms with Gasteiger partial charge in [0.15, 0.2) is 0 Å². The average Bonchev–Trinajstić information content (AvgIpc) is 2.87. The Hall–Kier alpha value is -2.94. The normalized spacial score (nSPS) is 15.1. The van der Waals surface area contributed by atoms with Gasteiger partial charge in [-0.25, -0.2) is 12.8 Å². The van der Waals surface area contributed by atoms with Gasteiger partial charge in [-0.2, -0.15) is 0 Å². The molecule has 0 saturated heterocycles. The number of amides is 2. The molecule has 7 nitrogen and oxygen atoms in total. The zero-order chi connectivity index (χ0) is 27.9. The van der Waals surface area contributed by atoms with Crippen LogP contribution in [0.1, 0.15) is 68.6 Å². The number of nitrogens with one attached hydrogen (secondary N) is 1. The minimum Gasteiger partial charge on any atom is -0.352 e. The molecule has 0 heterocycles. The van der Waals surface area contributed by atoms with Gasteiger partial charge in [-0.15, -0.1) is 0 Å². The van der Waals surface area contributed by atoms with Crippen LogP contribution in [0.4, 0.5) is 10.1 Å². The van der Waals surface area contributed by atoms with Crippen molar-refractivity contribution in [1.82, 2.24) is 10.2 Å². The Balaban J connectivity index is 1.73. The van der Waals surface area contributed by atoms with Crippen LogP contribution in [-0.2, 0) is 26.2 Å². The Bertz CT molecular complexity index is 1210. The van der Waals surface area contributed by atoms with Crippen molar-refractivity contribution < 1.29 is 22.4 Å². The molecule has 3 rings (SSSR count). The lowest BCUT2D eigenvalue weighted by Crippen LogP contribution is -2.50. The van der Waals surface area contributed by atoms with Crippen LogP contribution in [0.2, 0.25) is 0 Å². The fraction of sp³-hybridized carbons (Fsp3) is 0.517. The van der Waals surface area contributed by atoms with Gasteiger partial charge in [0.1, 0.15) is 11.9 Å². The highest BCUT2D eigenvalue weighted by Gasteiger charge is 2.28. The van der Waals surface area contributed by atoms with E-state index in [4.69, 9.17) is 0 Å². The summed E-state index contributed by atoms with van der Waals surface area (Å²) in [7, 11) is -3.57. The molecule has 1 N–H and O–H groups in total. The largest absolute Gasteiger partial charge is 0.352 e. The second-order valence-corrected chi connectivity index (χ2v) is 12.2. The number of hydrogen-bond acceptors (Lipinski definition) is 4. The number of hydrogen-bond donors (Lipinski definition) is 1. The number of carbonyl (C=O) groups excluding carboxylic acids is 2. The fourth-order valence-electron chi connectivity index (χ4n) is 4.93. The molecule has 1 atom stereocenters. The summed E-state index contributed by atoms with van der Waals surface area (Å²) in [6.07, 6.45) is 6.71. The lowest BCUT2D eigenvalue weighted by atomic mass is 9.95. The molecule has 2 aromatic rings. The summed E-state index contributed by atoms with van der Waals surface area (Å²) in [6, 6.07) is 10.8. The fourth-order valence-corrected chi connectivity index (χ4v) is 5.94. The molecule has 1 fully saturated rings. The monoisotopic (exact) mass is 545 g/mol. The number of carbonyl (C=O) groups is 2. The van der Waals surface area contributed by atoms with Crippen LogP contribution >= 0.6 is 0 Å². The molecule has 0 spiro atoms. The van der Waals surface area contributed by atoms with Crippen LogP contribution in [0, 0.1) is 19.7 Å². The molecule has 0 unspecified atom stereocenters. The maximum absolute atomic E-state index is 13.5. The molecule has 0 aliphatic heterocycles. The lowest BCUT2D eigenvalue weighted by Gasteiger charge is -2.31. The van der Waals surface area contributed by atoms with Crippen LogP contribution in [0.5, 0.6) is 0 Å². The number of aryl methyl sites for hydroxylation is 1. The maximum Gasteiger partial charge on any atom is 0.242 e. The van der Waals surface area contributed by atoms with Crippen molar-refractivity contribution in [2.45, 2.75) is 84.3 Å². The van der Waals surface area contributed by atoms with E-state index in [1.807, 2.05) is 26.0 Å². The minimum atomic E-state index is -3.57. The summed E-state index contributed by atoms with van der Waals surface area (Å²) in [5.41, 5.74) is 3.17. The summed E-state index contributed by atoms with van der Waals surface area (Å²) >= 11 is 0. The highest BCUT2D eigenvalue weighted by molar-refractivity contribution is 7.92. The van der Waals surface area contributed by atoms with Crippen LogP contribution in [0.25, 0.3) is 0 Å². The Labute approximate surface area is 226 Å². The average molecular weight is 546 g/mol. The predicted molar refractivity (Wildman–Crippen MR) is 149 cm³/mol. The van der Waals surface area contributed by atoms with Gasteiger partial charge in [0.05, 0.1) is 11.9 Å². The van der Waals surface area contributed by atoms with E-state index in [0.29, 0.717) is 11.3 Å².